The predicted octanol–water partition coefficient (Wildman–Crippen LogP) is 2.59. The zero-order valence-corrected chi connectivity index (χ0v) is 10.8. The van der Waals surface area contributed by atoms with E-state index in [1.807, 2.05) is 0 Å². The molecule has 3 nitrogen and oxygen atoms in total. The van der Waals surface area contributed by atoms with Crippen LogP contribution in [0, 0.1) is 5.92 Å². The first-order valence-electron chi connectivity index (χ1n) is 6.35. The molecule has 1 fully saturated rings. The van der Waals surface area contributed by atoms with Crippen LogP contribution in [0.15, 0.2) is 24.3 Å². The summed E-state index contributed by atoms with van der Waals surface area (Å²) in [5.41, 5.74) is 2.43. The number of nitrogens with one attached hydrogen (secondary N) is 1. The van der Waals surface area contributed by atoms with Crippen LogP contribution in [0.5, 0.6) is 0 Å². The van der Waals surface area contributed by atoms with Crippen LogP contribution in [-0.4, -0.2) is 33.9 Å². The van der Waals surface area contributed by atoms with Gasteiger partial charge in [-0.15, -0.1) is 0 Å². The second kappa shape index (κ2) is 5.92. The van der Waals surface area contributed by atoms with Gasteiger partial charge in [-0.25, -0.2) is 0 Å². The quantitative estimate of drug-likeness (QED) is 0.866. The van der Waals surface area contributed by atoms with E-state index in [1.165, 1.54) is 24.2 Å². The number of rotatable bonds is 4. The average molecular weight is 234 g/mol. The Kier molecular flexibility index (Phi) is 4.26. The molecule has 0 amide bonds. The van der Waals surface area contributed by atoms with Gasteiger partial charge >= 0.3 is 0 Å². The molecule has 1 aliphatic heterocycles. The molecule has 1 atom stereocenters. The van der Waals surface area contributed by atoms with Crippen molar-refractivity contribution < 1.29 is 4.74 Å². The van der Waals surface area contributed by atoms with Crippen LogP contribution in [0.4, 0.5) is 11.4 Å². The minimum absolute atomic E-state index is 0.659. The van der Waals surface area contributed by atoms with Gasteiger partial charge in [0.25, 0.3) is 0 Å². The predicted molar refractivity (Wildman–Crippen MR) is 72.8 cm³/mol. The van der Waals surface area contributed by atoms with Crippen molar-refractivity contribution in [1.82, 2.24) is 0 Å². The summed E-state index contributed by atoms with van der Waals surface area (Å²) in [6.07, 6.45) is 2.48. The molecule has 1 aliphatic rings. The van der Waals surface area contributed by atoms with Gasteiger partial charge in [-0.3, -0.25) is 0 Å². The topological polar surface area (TPSA) is 24.5 Å². The molecule has 3 heteroatoms. The van der Waals surface area contributed by atoms with Crippen LogP contribution < -0.4 is 10.2 Å². The Bertz CT molecular complexity index is 346. The van der Waals surface area contributed by atoms with Crippen molar-refractivity contribution in [3.63, 3.8) is 0 Å². The number of anilines is 2. The molecule has 1 saturated heterocycles. The first kappa shape index (κ1) is 12.2. The van der Waals surface area contributed by atoms with Gasteiger partial charge in [0.2, 0.25) is 0 Å². The van der Waals surface area contributed by atoms with Crippen molar-refractivity contribution in [1.29, 1.82) is 0 Å². The summed E-state index contributed by atoms with van der Waals surface area (Å²) in [5, 5.41) is 3.50. The second-order valence-electron chi connectivity index (χ2n) is 4.91. The fourth-order valence-corrected chi connectivity index (χ4v) is 2.12. The Labute approximate surface area is 104 Å². The van der Waals surface area contributed by atoms with Gasteiger partial charge in [0, 0.05) is 38.6 Å². The Morgan fingerprint density at radius 3 is 3.00 bits per heavy atom. The summed E-state index contributed by atoms with van der Waals surface area (Å²) in [7, 11) is 4.13. The SMILES string of the molecule is CN(C)c1cccc(NCC2CCCOC2)c1. The lowest BCUT2D eigenvalue weighted by atomic mass is 10.0. The maximum atomic E-state index is 5.48. The van der Waals surface area contributed by atoms with Crippen molar-refractivity contribution in [3.8, 4) is 0 Å². The Hall–Kier alpha value is -1.22. The fraction of sp³-hybridized carbons (Fsp3) is 0.571. The van der Waals surface area contributed by atoms with Crippen LogP contribution in [0.3, 0.4) is 0 Å². The maximum Gasteiger partial charge on any atom is 0.0511 e. The molecule has 0 aromatic heterocycles. The van der Waals surface area contributed by atoms with Gasteiger partial charge in [-0.05, 0) is 37.0 Å². The standard InChI is InChI=1S/C14H22N2O/c1-16(2)14-7-3-6-13(9-14)15-10-12-5-4-8-17-11-12/h3,6-7,9,12,15H,4-5,8,10-11H2,1-2H3. The molecule has 17 heavy (non-hydrogen) atoms. The highest BCUT2D eigenvalue weighted by Crippen LogP contribution is 2.19. The van der Waals surface area contributed by atoms with Crippen molar-refractivity contribution >= 4 is 11.4 Å². The monoisotopic (exact) mass is 234 g/mol. The summed E-state index contributed by atoms with van der Waals surface area (Å²) in [6, 6.07) is 8.52. The van der Waals surface area contributed by atoms with E-state index < -0.39 is 0 Å². The van der Waals surface area contributed by atoms with Gasteiger partial charge in [0.05, 0.1) is 6.61 Å². The zero-order valence-electron chi connectivity index (χ0n) is 10.8. The third kappa shape index (κ3) is 3.63. The molecule has 1 unspecified atom stereocenters. The molecular weight excluding hydrogens is 212 g/mol. The van der Waals surface area contributed by atoms with E-state index in [-0.39, 0.29) is 0 Å². The van der Waals surface area contributed by atoms with Gasteiger partial charge in [-0.1, -0.05) is 6.07 Å². The van der Waals surface area contributed by atoms with Crippen molar-refractivity contribution in [2.45, 2.75) is 12.8 Å². The number of benzene rings is 1. The van der Waals surface area contributed by atoms with E-state index >= 15 is 0 Å². The van der Waals surface area contributed by atoms with Crippen molar-refractivity contribution in [2.24, 2.45) is 5.92 Å². The molecule has 0 aliphatic carbocycles. The normalized spacial score (nSPS) is 20.0. The molecule has 1 N–H and O–H groups in total. The highest BCUT2D eigenvalue weighted by atomic mass is 16.5. The summed E-state index contributed by atoms with van der Waals surface area (Å²) < 4.78 is 5.48. The van der Waals surface area contributed by atoms with Crippen molar-refractivity contribution in [2.75, 3.05) is 44.1 Å². The molecule has 1 aromatic rings. The van der Waals surface area contributed by atoms with E-state index in [0.29, 0.717) is 5.92 Å². The number of hydrogen-bond donors (Lipinski definition) is 1. The van der Waals surface area contributed by atoms with E-state index in [9.17, 15) is 0 Å². The molecule has 0 bridgehead atoms. The van der Waals surface area contributed by atoms with Crippen LogP contribution in [-0.2, 0) is 4.74 Å². The van der Waals surface area contributed by atoms with E-state index in [2.05, 4.69) is 48.6 Å². The van der Waals surface area contributed by atoms with Crippen LogP contribution in [0.2, 0.25) is 0 Å². The highest BCUT2D eigenvalue weighted by Gasteiger charge is 2.13. The summed E-state index contributed by atoms with van der Waals surface area (Å²) in [4.78, 5) is 2.12. The van der Waals surface area contributed by atoms with Crippen LogP contribution in [0.25, 0.3) is 0 Å². The zero-order chi connectivity index (χ0) is 12.1. The molecule has 0 spiro atoms. The van der Waals surface area contributed by atoms with Crippen LogP contribution in [0.1, 0.15) is 12.8 Å². The lowest BCUT2D eigenvalue weighted by Crippen LogP contribution is -2.24. The third-order valence-electron chi connectivity index (χ3n) is 3.21. The first-order chi connectivity index (χ1) is 8.25. The lowest BCUT2D eigenvalue weighted by Gasteiger charge is -2.23. The third-order valence-corrected chi connectivity index (χ3v) is 3.21. The highest BCUT2D eigenvalue weighted by molar-refractivity contribution is 5.57. The summed E-state index contributed by atoms with van der Waals surface area (Å²) in [6.45, 7) is 2.85. The molecule has 94 valence electrons. The minimum Gasteiger partial charge on any atom is -0.385 e. The van der Waals surface area contributed by atoms with Gasteiger partial charge in [0.1, 0.15) is 0 Å². The van der Waals surface area contributed by atoms with Crippen LogP contribution >= 0.6 is 0 Å². The first-order valence-corrected chi connectivity index (χ1v) is 6.35. The molecule has 0 saturated carbocycles. The molecule has 1 aromatic carbocycles. The second-order valence-corrected chi connectivity index (χ2v) is 4.91. The Balaban J connectivity index is 1.87. The van der Waals surface area contributed by atoms with E-state index in [1.54, 1.807) is 0 Å². The summed E-state index contributed by atoms with van der Waals surface area (Å²) >= 11 is 0. The number of ether oxygens (including phenoxy) is 1. The van der Waals surface area contributed by atoms with Gasteiger partial charge < -0.3 is 15.0 Å². The van der Waals surface area contributed by atoms with Crippen molar-refractivity contribution in [3.05, 3.63) is 24.3 Å². The van der Waals surface area contributed by atoms with Gasteiger partial charge in [-0.2, -0.15) is 0 Å². The van der Waals surface area contributed by atoms with E-state index in [4.69, 9.17) is 4.74 Å². The number of hydrogen-bond acceptors (Lipinski definition) is 3. The minimum atomic E-state index is 0.659. The molecule has 0 radical (unpaired) electrons. The fourth-order valence-electron chi connectivity index (χ4n) is 2.12. The molecule has 2 rings (SSSR count). The summed E-state index contributed by atoms with van der Waals surface area (Å²) in [5.74, 6) is 0.659. The maximum absolute atomic E-state index is 5.48. The Morgan fingerprint density at radius 1 is 1.41 bits per heavy atom. The smallest absolute Gasteiger partial charge is 0.0511 e. The molecular formula is C14H22N2O. The number of nitrogens with zero attached hydrogens (tertiary/aromatic N) is 1. The average Bonchev–Trinajstić information content (AvgIpc) is 2.38. The largest absolute Gasteiger partial charge is 0.385 e. The Morgan fingerprint density at radius 2 is 2.29 bits per heavy atom. The van der Waals surface area contributed by atoms with Gasteiger partial charge in [0.15, 0.2) is 0 Å². The molecule has 1 heterocycles. The lowest BCUT2D eigenvalue weighted by molar-refractivity contribution is 0.0595. The van der Waals surface area contributed by atoms with E-state index in [0.717, 1.165) is 19.8 Å².